The molecule has 0 bridgehead atoms. The molecule has 0 atom stereocenters. The van der Waals surface area contributed by atoms with Gasteiger partial charge in [-0.05, 0) is 34.8 Å². The summed E-state index contributed by atoms with van der Waals surface area (Å²) in [7, 11) is -4.76. The molecule has 0 aliphatic carbocycles. The third kappa shape index (κ3) is 8.93. The van der Waals surface area contributed by atoms with Gasteiger partial charge in [0.15, 0.2) is 0 Å². The topological polar surface area (TPSA) is 0 Å². The molecule has 0 fully saturated rings. The highest BCUT2D eigenvalue weighted by Crippen LogP contribution is 2.30. The van der Waals surface area contributed by atoms with E-state index in [1.54, 1.807) is 0 Å². The van der Waals surface area contributed by atoms with Gasteiger partial charge in [-0.3, -0.25) is 0 Å². The first kappa shape index (κ1) is 21.9. The van der Waals surface area contributed by atoms with Crippen molar-refractivity contribution in [2.75, 3.05) is 0 Å². The van der Waals surface area contributed by atoms with Gasteiger partial charge >= 0.3 is 0 Å². The van der Waals surface area contributed by atoms with Crippen molar-refractivity contribution >= 4 is 24.2 Å². The van der Waals surface area contributed by atoms with E-state index < -0.39 is 24.2 Å². The van der Waals surface area contributed by atoms with E-state index >= 15 is 0 Å². The maximum absolute atomic E-state index is 3.51. The van der Waals surface area contributed by atoms with Crippen molar-refractivity contribution in [3.05, 3.63) is 0 Å². The van der Waals surface area contributed by atoms with Crippen LogP contribution in [0, 0.1) is 45.9 Å². The lowest BCUT2D eigenvalue weighted by Crippen LogP contribution is -2.39. The van der Waals surface area contributed by atoms with Crippen molar-refractivity contribution in [3.63, 3.8) is 0 Å². The molecule has 0 aromatic heterocycles. The summed E-state index contributed by atoms with van der Waals surface area (Å²) >= 11 is 0. The Hall–Kier alpha value is -1.11. The van der Waals surface area contributed by atoms with Crippen LogP contribution in [0.5, 0.6) is 0 Å². The minimum atomic E-state index is -2.04. The Morgan fingerprint density at radius 1 is 0.478 bits per heavy atom. The highest BCUT2D eigenvalue weighted by Gasteiger charge is 2.37. The summed E-state index contributed by atoms with van der Waals surface area (Å²) < 4.78 is 0. The summed E-state index contributed by atoms with van der Waals surface area (Å²) in [5, 5.41) is 0. The monoisotopic (exact) mass is 356 g/mol. The van der Waals surface area contributed by atoms with Crippen molar-refractivity contribution in [3.8, 4) is 45.9 Å². The Kier molecular flexibility index (Phi) is 8.24. The van der Waals surface area contributed by atoms with Crippen LogP contribution in [0.3, 0.4) is 0 Å². The molecule has 0 rings (SSSR count). The molecule has 0 radical (unpaired) electrons. The summed E-state index contributed by atoms with van der Waals surface area (Å²) in [5.74, 6) is 12.5. The van der Waals surface area contributed by atoms with Crippen LogP contribution in [-0.2, 0) is 0 Å². The largest absolute Gasteiger partial charge is 0.224 e. The van der Waals surface area contributed by atoms with Crippen molar-refractivity contribution < 1.29 is 0 Å². The van der Waals surface area contributed by atoms with E-state index in [9.17, 15) is 0 Å². The van der Waals surface area contributed by atoms with Crippen LogP contribution in [-0.4, -0.2) is 24.2 Å². The third-order valence-corrected chi connectivity index (χ3v) is 9.83. The standard InChI is InChI=1S/C20H32Si3/c1-19(2)23(20(3)4,17-13-11-15-21(5,6)7)18-14-12-16-22(8,9)10/h19-20H,1-10H3. The smallest absolute Gasteiger partial charge is 0.118 e. The lowest BCUT2D eigenvalue weighted by atomic mass is 10.5. The Bertz CT molecular complexity index is 580. The number of hydrogen-bond acceptors (Lipinski definition) is 0. The summed E-state index contributed by atoms with van der Waals surface area (Å²) in [6, 6.07) is 0. The molecule has 3 heteroatoms. The second-order valence-corrected chi connectivity index (χ2v) is 22.7. The molecule has 0 saturated heterocycles. The first-order valence-corrected chi connectivity index (χ1v) is 17.5. The normalized spacial score (nSPS) is 11.3. The maximum Gasteiger partial charge on any atom is 0.224 e. The molecule has 0 amide bonds. The lowest BCUT2D eigenvalue weighted by molar-refractivity contribution is 0.934. The van der Waals surface area contributed by atoms with Crippen molar-refractivity contribution in [1.29, 1.82) is 0 Å². The van der Waals surface area contributed by atoms with Gasteiger partial charge in [-0.2, -0.15) is 0 Å². The van der Waals surface area contributed by atoms with Gasteiger partial charge in [0, 0.05) is 0 Å². The molecule has 0 aromatic rings. The zero-order valence-electron chi connectivity index (χ0n) is 16.7. The van der Waals surface area contributed by atoms with Gasteiger partial charge in [-0.1, -0.05) is 67.0 Å². The van der Waals surface area contributed by atoms with Crippen molar-refractivity contribution in [2.45, 2.75) is 78.1 Å². The summed E-state index contributed by atoms with van der Waals surface area (Å²) in [6.45, 7) is 22.4. The maximum atomic E-state index is 3.51. The number of rotatable bonds is 2. The second kappa shape index (κ2) is 8.66. The Labute approximate surface area is 148 Å². The molecule has 0 heterocycles. The summed E-state index contributed by atoms with van der Waals surface area (Å²) in [5.41, 5.74) is 14.6. The van der Waals surface area contributed by atoms with E-state index in [-0.39, 0.29) is 0 Å². The van der Waals surface area contributed by atoms with Gasteiger partial charge in [0.1, 0.15) is 16.1 Å². The van der Waals surface area contributed by atoms with E-state index in [0.717, 1.165) is 0 Å². The van der Waals surface area contributed by atoms with Gasteiger partial charge in [0.25, 0.3) is 0 Å². The molecule has 0 aromatic carbocycles. The summed E-state index contributed by atoms with van der Waals surface area (Å²) in [6.07, 6.45) is 0. The average molecular weight is 357 g/mol. The minimum Gasteiger partial charge on any atom is -0.118 e. The molecule has 124 valence electrons. The van der Waals surface area contributed by atoms with Crippen LogP contribution >= 0.6 is 0 Å². The zero-order valence-corrected chi connectivity index (χ0v) is 19.7. The van der Waals surface area contributed by atoms with Crippen LogP contribution in [0.25, 0.3) is 0 Å². The highest BCUT2D eigenvalue weighted by molar-refractivity contribution is 6.96. The number of hydrogen-bond donors (Lipinski definition) is 0. The first-order valence-electron chi connectivity index (χ1n) is 8.39. The first-order chi connectivity index (χ1) is 10.3. The van der Waals surface area contributed by atoms with Crippen LogP contribution in [0.15, 0.2) is 0 Å². The van der Waals surface area contributed by atoms with Gasteiger partial charge in [-0.15, -0.1) is 22.2 Å². The molecular weight excluding hydrogens is 324 g/mol. The SMILES string of the molecule is CC(C)[Si](C#CC#C[Si](C)(C)C)(C#CC#C[Si](C)(C)C)C(C)C. The van der Waals surface area contributed by atoms with Crippen LogP contribution in [0.2, 0.25) is 50.4 Å². The molecule has 0 nitrogen and oxygen atoms in total. The Balaban J connectivity index is 5.78. The predicted molar refractivity (Wildman–Crippen MR) is 114 cm³/mol. The van der Waals surface area contributed by atoms with Crippen LogP contribution in [0.1, 0.15) is 27.7 Å². The third-order valence-electron chi connectivity index (χ3n) is 3.36. The van der Waals surface area contributed by atoms with E-state index in [0.29, 0.717) is 11.1 Å². The molecule has 0 N–H and O–H groups in total. The van der Waals surface area contributed by atoms with Gasteiger partial charge in [0.05, 0.1) is 0 Å². The minimum absolute atomic E-state index is 0.477. The summed E-state index contributed by atoms with van der Waals surface area (Å²) in [4.78, 5) is 0. The fourth-order valence-electron chi connectivity index (χ4n) is 1.98. The van der Waals surface area contributed by atoms with Crippen molar-refractivity contribution in [1.82, 2.24) is 0 Å². The molecular formula is C20H32Si3. The highest BCUT2D eigenvalue weighted by atomic mass is 28.3. The molecule has 0 saturated carbocycles. The van der Waals surface area contributed by atoms with Gasteiger partial charge in [0.2, 0.25) is 8.07 Å². The van der Waals surface area contributed by atoms with E-state index in [4.69, 9.17) is 0 Å². The Morgan fingerprint density at radius 2 is 0.739 bits per heavy atom. The predicted octanol–water partition coefficient (Wildman–Crippen LogP) is 5.10. The van der Waals surface area contributed by atoms with E-state index in [1.807, 2.05) is 0 Å². The van der Waals surface area contributed by atoms with Crippen LogP contribution in [0.4, 0.5) is 0 Å². The van der Waals surface area contributed by atoms with E-state index in [1.165, 1.54) is 0 Å². The van der Waals surface area contributed by atoms with Crippen molar-refractivity contribution in [2.24, 2.45) is 0 Å². The fraction of sp³-hybridized carbons (Fsp3) is 0.600. The molecule has 0 aliphatic rings. The average Bonchev–Trinajstić information content (AvgIpc) is 2.33. The fourth-order valence-corrected chi connectivity index (χ4v) is 5.95. The Morgan fingerprint density at radius 3 is 0.957 bits per heavy atom. The lowest BCUT2D eigenvalue weighted by Gasteiger charge is -2.27. The van der Waals surface area contributed by atoms with E-state index in [2.05, 4.69) is 113 Å². The van der Waals surface area contributed by atoms with Gasteiger partial charge in [-0.25, -0.2) is 0 Å². The van der Waals surface area contributed by atoms with Gasteiger partial charge < -0.3 is 0 Å². The molecule has 0 unspecified atom stereocenters. The molecule has 23 heavy (non-hydrogen) atoms. The second-order valence-electron chi connectivity index (χ2n) is 8.68. The molecule has 0 spiro atoms. The molecule has 0 aliphatic heterocycles. The quantitative estimate of drug-likeness (QED) is 0.477. The van der Waals surface area contributed by atoms with Crippen LogP contribution < -0.4 is 0 Å². The zero-order chi connectivity index (χ0) is 18.3.